The van der Waals surface area contributed by atoms with Crippen molar-refractivity contribution in [3.8, 4) is 0 Å². The molecule has 106 valence electrons. The summed E-state index contributed by atoms with van der Waals surface area (Å²) < 4.78 is 0. The molecule has 0 bridgehead atoms. The van der Waals surface area contributed by atoms with Crippen molar-refractivity contribution in [3.05, 3.63) is 0 Å². The summed E-state index contributed by atoms with van der Waals surface area (Å²) in [7, 11) is 0. The summed E-state index contributed by atoms with van der Waals surface area (Å²) in [6.07, 6.45) is 8.57. The van der Waals surface area contributed by atoms with Gasteiger partial charge >= 0.3 is 0 Å². The number of rotatable bonds is 7. The van der Waals surface area contributed by atoms with Gasteiger partial charge in [0.15, 0.2) is 0 Å². The van der Waals surface area contributed by atoms with Crippen LogP contribution in [0.1, 0.15) is 59.3 Å². The summed E-state index contributed by atoms with van der Waals surface area (Å²) >= 11 is 0. The lowest BCUT2D eigenvalue weighted by Crippen LogP contribution is -2.46. The smallest absolute Gasteiger partial charge is 0.00684 e. The van der Waals surface area contributed by atoms with Crippen LogP contribution in [0, 0.1) is 11.3 Å². The van der Waals surface area contributed by atoms with Gasteiger partial charge in [-0.25, -0.2) is 0 Å². The average molecular weight is 252 g/mol. The van der Waals surface area contributed by atoms with E-state index in [2.05, 4.69) is 31.0 Å². The zero-order valence-corrected chi connectivity index (χ0v) is 12.7. The maximum Gasteiger partial charge on any atom is 0.00684 e. The SMILES string of the molecule is CCN(CC)CC1(CNC2CC2)CCC(C)CC1. The van der Waals surface area contributed by atoms with Crippen molar-refractivity contribution in [2.24, 2.45) is 11.3 Å². The molecular formula is C16H32N2. The maximum absolute atomic E-state index is 3.81. The molecule has 2 nitrogen and oxygen atoms in total. The second-order valence-corrected chi connectivity index (χ2v) is 6.80. The van der Waals surface area contributed by atoms with Crippen LogP contribution < -0.4 is 5.32 Å². The molecule has 0 aromatic carbocycles. The molecule has 18 heavy (non-hydrogen) atoms. The third kappa shape index (κ3) is 3.96. The van der Waals surface area contributed by atoms with Crippen LogP contribution in [-0.2, 0) is 0 Å². The lowest BCUT2D eigenvalue weighted by atomic mass is 9.70. The fourth-order valence-electron chi connectivity index (χ4n) is 3.34. The Morgan fingerprint density at radius 2 is 1.67 bits per heavy atom. The van der Waals surface area contributed by atoms with Crippen LogP contribution in [0.3, 0.4) is 0 Å². The summed E-state index contributed by atoms with van der Waals surface area (Å²) in [5, 5.41) is 3.81. The molecule has 2 aliphatic rings. The first-order valence-corrected chi connectivity index (χ1v) is 8.13. The highest BCUT2D eigenvalue weighted by Gasteiger charge is 2.36. The van der Waals surface area contributed by atoms with Crippen LogP contribution in [0.5, 0.6) is 0 Å². The van der Waals surface area contributed by atoms with Crippen LogP contribution in [0.25, 0.3) is 0 Å². The molecule has 0 spiro atoms. The van der Waals surface area contributed by atoms with E-state index >= 15 is 0 Å². The van der Waals surface area contributed by atoms with Gasteiger partial charge in [0.1, 0.15) is 0 Å². The van der Waals surface area contributed by atoms with Gasteiger partial charge in [0, 0.05) is 19.1 Å². The highest BCUT2D eigenvalue weighted by atomic mass is 15.1. The second-order valence-electron chi connectivity index (χ2n) is 6.80. The van der Waals surface area contributed by atoms with Gasteiger partial charge in [-0.1, -0.05) is 33.6 Å². The van der Waals surface area contributed by atoms with Crippen molar-refractivity contribution < 1.29 is 0 Å². The molecule has 2 rings (SSSR count). The van der Waals surface area contributed by atoms with Crippen molar-refractivity contribution >= 4 is 0 Å². The van der Waals surface area contributed by atoms with E-state index in [1.807, 2.05) is 0 Å². The standard InChI is InChI=1S/C16H32N2/c1-4-18(5-2)13-16(12-17-15-6-7-15)10-8-14(3)9-11-16/h14-15,17H,4-13H2,1-3H3. The van der Waals surface area contributed by atoms with Crippen LogP contribution in [0.2, 0.25) is 0 Å². The zero-order chi connectivity index (χ0) is 13.0. The van der Waals surface area contributed by atoms with Crippen LogP contribution in [-0.4, -0.2) is 37.1 Å². The summed E-state index contributed by atoms with van der Waals surface area (Å²) in [5.41, 5.74) is 0.571. The Balaban J connectivity index is 1.91. The maximum atomic E-state index is 3.81. The Labute approximate surface area is 114 Å². The molecule has 0 aromatic rings. The predicted octanol–water partition coefficient (Wildman–Crippen LogP) is 3.28. The minimum atomic E-state index is 0.571. The molecule has 1 N–H and O–H groups in total. The molecule has 0 saturated heterocycles. The lowest BCUT2D eigenvalue weighted by Gasteiger charge is -2.43. The van der Waals surface area contributed by atoms with E-state index in [9.17, 15) is 0 Å². The van der Waals surface area contributed by atoms with E-state index in [0.29, 0.717) is 5.41 Å². The highest BCUT2D eigenvalue weighted by molar-refractivity contribution is 4.92. The average Bonchev–Trinajstić information content (AvgIpc) is 3.21. The van der Waals surface area contributed by atoms with Gasteiger partial charge in [-0.05, 0) is 50.1 Å². The van der Waals surface area contributed by atoms with Crippen molar-refractivity contribution in [1.82, 2.24) is 10.2 Å². The van der Waals surface area contributed by atoms with Crippen molar-refractivity contribution in [2.75, 3.05) is 26.2 Å². The quantitative estimate of drug-likeness (QED) is 0.748. The number of nitrogens with zero attached hydrogens (tertiary/aromatic N) is 1. The Morgan fingerprint density at radius 1 is 1.06 bits per heavy atom. The monoisotopic (exact) mass is 252 g/mol. The molecule has 0 atom stereocenters. The minimum absolute atomic E-state index is 0.571. The predicted molar refractivity (Wildman–Crippen MR) is 78.9 cm³/mol. The fourth-order valence-corrected chi connectivity index (χ4v) is 3.34. The van der Waals surface area contributed by atoms with Gasteiger partial charge in [-0.15, -0.1) is 0 Å². The topological polar surface area (TPSA) is 15.3 Å². The highest BCUT2D eigenvalue weighted by Crippen LogP contribution is 2.39. The Bertz CT molecular complexity index is 235. The van der Waals surface area contributed by atoms with Gasteiger partial charge in [-0.2, -0.15) is 0 Å². The lowest BCUT2D eigenvalue weighted by molar-refractivity contribution is 0.0911. The molecule has 0 aromatic heterocycles. The summed E-state index contributed by atoms with van der Waals surface area (Å²) in [6.45, 7) is 12.0. The summed E-state index contributed by atoms with van der Waals surface area (Å²) in [5.74, 6) is 0.954. The molecule has 0 aliphatic heterocycles. The largest absolute Gasteiger partial charge is 0.313 e. The van der Waals surface area contributed by atoms with E-state index in [1.165, 1.54) is 64.7 Å². The van der Waals surface area contributed by atoms with Gasteiger partial charge < -0.3 is 10.2 Å². The first-order chi connectivity index (χ1) is 8.67. The molecule has 0 amide bonds. The second kappa shape index (κ2) is 6.38. The van der Waals surface area contributed by atoms with Gasteiger partial charge in [0.25, 0.3) is 0 Å². The van der Waals surface area contributed by atoms with Crippen molar-refractivity contribution in [3.63, 3.8) is 0 Å². The molecule has 0 unspecified atom stereocenters. The van der Waals surface area contributed by atoms with Gasteiger partial charge in [-0.3, -0.25) is 0 Å². The van der Waals surface area contributed by atoms with E-state index in [4.69, 9.17) is 0 Å². The number of hydrogen-bond acceptors (Lipinski definition) is 2. The van der Waals surface area contributed by atoms with Crippen molar-refractivity contribution in [1.29, 1.82) is 0 Å². The van der Waals surface area contributed by atoms with Gasteiger partial charge in [0.05, 0.1) is 0 Å². The molecule has 2 saturated carbocycles. The van der Waals surface area contributed by atoms with E-state index in [1.54, 1.807) is 0 Å². The Morgan fingerprint density at radius 3 is 2.17 bits per heavy atom. The number of nitrogens with one attached hydrogen (secondary N) is 1. The molecule has 0 radical (unpaired) electrons. The van der Waals surface area contributed by atoms with Crippen LogP contribution in [0.15, 0.2) is 0 Å². The fraction of sp³-hybridized carbons (Fsp3) is 1.00. The summed E-state index contributed by atoms with van der Waals surface area (Å²) in [4.78, 5) is 2.63. The van der Waals surface area contributed by atoms with E-state index in [-0.39, 0.29) is 0 Å². The van der Waals surface area contributed by atoms with E-state index in [0.717, 1.165) is 12.0 Å². The van der Waals surface area contributed by atoms with E-state index < -0.39 is 0 Å². The van der Waals surface area contributed by atoms with Crippen LogP contribution >= 0.6 is 0 Å². The Kier molecular flexibility index (Phi) is 5.08. The molecular weight excluding hydrogens is 220 g/mol. The first-order valence-electron chi connectivity index (χ1n) is 8.13. The normalized spacial score (nSPS) is 33.0. The van der Waals surface area contributed by atoms with Crippen molar-refractivity contribution in [2.45, 2.75) is 65.3 Å². The first kappa shape index (κ1) is 14.3. The van der Waals surface area contributed by atoms with Gasteiger partial charge in [0.2, 0.25) is 0 Å². The molecule has 2 aliphatic carbocycles. The third-order valence-corrected chi connectivity index (χ3v) is 5.13. The minimum Gasteiger partial charge on any atom is -0.313 e. The number of hydrogen-bond donors (Lipinski definition) is 1. The molecule has 2 fully saturated rings. The molecule has 2 heteroatoms. The third-order valence-electron chi connectivity index (χ3n) is 5.13. The molecule has 0 heterocycles. The van der Waals surface area contributed by atoms with Crippen LogP contribution in [0.4, 0.5) is 0 Å². The Hall–Kier alpha value is -0.0800. The summed E-state index contributed by atoms with van der Waals surface area (Å²) in [6, 6.07) is 0.859. The zero-order valence-electron chi connectivity index (χ0n) is 12.7.